The molecule has 0 aliphatic carbocycles. The standard InChI is InChI=1S/C17H27FN2O2/c1-17(2,3)11-15(13-5-7-14(18)8-6-13)19-16(22)12-20(4)9-10-21/h5-8,15,21H,9-12H2,1-4H3,(H,19,22). The highest BCUT2D eigenvalue weighted by atomic mass is 19.1. The normalized spacial score (nSPS) is 13.2. The quantitative estimate of drug-likeness (QED) is 0.813. The smallest absolute Gasteiger partial charge is 0.234 e. The van der Waals surface area contributed by atoms with Crippen molar-refractivity contribution in [2.75, 3.05) is 26.7 Å². The number of halogens is 1. The van der Waals surface area contributed by atoms with Crippen LogP contribution in [0.2, 0.25) is 0 Å². The van der Waals surface area contributed by atoms with E-state index in [9.17, 15) is 9.18 Å². The van der Waals surface area contributed by atoms with E-state index in [1.54, 1.807) is 24.1 Å². The third-order valence-electron chi connectivity index (χ3n) is 3.32. The first kappa shape index (κ1) is 18.6. The maximum absolute atomic E-state index is 13.1. The van der Waals surface area contributed by atoms with Crippen LogP contribution in [0, 0.1) is 11.2 Å². The minimum absolute atomic E-state index is 0.0210. The van der Waals surface area contributed by atoms with Gasteiger partial charge in [0, 0.05) is 6.54 Å². The SMILES string of the molecule is CN(CCO)CC(=O)NC(CC(C)(C)C)c1ccc(F)cc1. The summed E-state index contributed by atoms with van der Waals surface area (Å²) < 4.78 is 13.1. The molecule has 4 nitrogen and oxygen atoms in total. The lowest BCUT2D eigenvalue weighted by Gasteiger charge is -2.28. The molecule has 0 saturated carbocycles. The molecule has 0 aromatic heterocycles. The van der Waals surface area contributed by atoms with Crippen molar-refractivity contribution >= 4 is 5.91 Å². The number of carbonyl (C=O) groups excluding carboxylic acids is 1. The Kier molecular flexibility index (Phi) is 6.97. The Morgan fingerprint density at radius 3 is 2.41 bits per heavy atom. The van der Waals surface area contributed by atoms with Crippen LogP contribution in [0.4, 0.5) is 4.39 Å². The molecular formula is C17H27FN2O2. The summed E-state index contributed by atoms with van der Waals surface area (Å²) in [6.45, 7) is 7.01. The van der Waals surface area contributed by atoms with Crippen LogP contribution in [0.3, 0.4) is 0 Å². The molecule has 0 aliphatic rings. The van der Waals surface area contributed by atoms with Gasteiger partial charge in [0.2, 0.25) is 5.91 Å². The van der Waals surface area contributed by atoms with Crippen LogP contribution in [0.1, 0.15) is 38.8 Å². The zero-order valence-corrected chi connectivity index (χ0v) is 13.9. The monoisotopic (exact) mass is 310 g/mol. The molecular weight excluding hydrogens is 283 g/mol. The van der Waals surface area contributed by atoms with Crippen molar-refractivity contribution < 1.29 is 14.3 Å². The zero-order valence-electron chi connectivity index (χ0n) is 13.9. The fourth-order valence-electron chi connectivity index (χ4n) is 2.29. The van der Waals surface area contributed by atoms with Crippen molar-refractivity contribution in [2.24, 2.45) is 5.41 Å². The van der Waals surface area contributed by atoms with Gasteiger partial charge < -0.3 is 10.4 Å². The number of hydrogen-bond acceptors (Lipinski definition) is 3. The number of aliphatic hydroxyl groups excluding tert-OH is 1. The van der Waals surface area contributed by atoms with Crippen LogP contribution >= 0.6 is 0 Å². The van der Waals surface area contributed by atoms with Gasteiger partial charge in [-0.3, -0.25) is 9.69 Å². The first-order chi connectivity index (χ1) is 10.2. The molecule has 1 aromatic carbocycles. The van der Waals surface area contributed by atoms with Gasteiger partial charge in [0.05, 0.1) is 19.2 Å². The summed E-state index contributed by atoms with van der Waals surface area (Å²) in [6, 6.07) is 6.09. The van der Waals surface area contributed by atoms with E-state index in [0.29, 0.717) is 6.54 Å². The average Bonchev–Trinajstić information content (AvgIpc) is 2.37. The molecule has 1 atom stereocenters. The molecule has 2 N–H and O–H groups in total. The Labute approximate surface area is 132 Å². The highest BCUT2D eigenvalue weighted by Gasteiger charge is 2.22. The summed E-state index contributed by atoms with van der Waals surface area (Å²) >= 11 is 0. The Morgan fingerprint density at radius 2 is 1.91 bits per heavy atom. The van der Waals surface area contributed by atoms with Gasteiger partial charge >= 0.3 is 0 Å². The van der Waals surface area contributed by atoms with Gasteiger partial charge in [-0.15, -0.1) is 0 Å². The fraction of sp³-hybridized carbons (Fsp3) is 0.588. The van der Waals surface area contributed by atoms with E-state index in [-0.39, 0.29) is 36.3 Å². The van der Waals surface area contributed by atoms with Gasteiger partial charge in [-0.05, 0) is 36.6 Å². The Bertz CT molecular complexity index is 469. The van der Waals surface area contributed by atoms with Gasteiger partial charge in [0.25, 0.3) is 0 Å². The summed E-state index contributed by atoms with van der Waals surface area (Å²) in [7, 11) is 1.78. The number of carbonyl (C=O) groups is 1. The van der Waals surface area contributed by atoms with Crippen molar-refractivity contribution in [3.8, 4) is 0 Å². The lowest BCUT2D eigenvalue weighted by atomic mass is 9.85. The van der Waals surface area contributed by atoms with Gasteiger partial charge in [-0.2, -0.15) is 0 Å². The van der Waals surface area contributed by atoms with E-state index in [0.717, 1.165) is 12.0 Å². The van der Waals surface area contributed by atoms with Crippen molar-refractivity contribution in [1.29, 1.82) is 0 Å². The van der Waals surface area contributed by atoms with Crippen molar-refractivity contribution in [1.82, 2.24) is 10.2 Å². The van der Waals surface area contributed by atoms with E-state index >= 15 is 0 Å². The summed E-state index contributed by atoms with van der Waals surface area (Å²) in [4.78, 5) is 13.9. The first-order valence-electron chi connectivity index (χ1n) is 7.55. The van der Waals surface area contributed by atoms with Crippen LogP contribution in [-0.2, 0) is 4.79 Å². The van der Waals surface area contributed by atoms with Crippen LogP contribution < -0.4 is 5.32 Å². The molecule has 1 aromatic rings. The van der Waals surface area contributed by atoms with Crippen molar-refractivity contribution in [3.05, 3.63) is 35.6 Å². The molecule has 0 aliphatic heterocycles. The third kappa shape index (κ3) is 7.00. The number of nitrogens with zero attached hydrogens (tertiary/aromatic N) is 1. The molecule has 1 amide bonds. The summed E-state index contributed by atoms with van der Waals surface area (Å²) in [5, 5.41) is 11.9. The van der Waals surface area contributed by atoms with Crippen LogP contribution in [0.5, 0.6) is 0 Å². The molecule has 0 saturated heterocycles. The van der Waals surface area contributed by atoms with E-state index < -0.39 is 0 Å². The maximum atomic E-state index is 13.1. The number of hydrogen-bond donors (Lipinski definition) is 2. The number of amides is 1. The van der Waals surface area contributed by atoms with Gasteiger partial charge in [-0.1, -0.05) is 32.9 Å². The lowest BCUT2D eigenvalue weighted by molar-refractivity contribution is -0.123. The third-order valence-corrected chi connectivity index (χ3v) is 3.32. The minimum atomic E-state index is -0.285. The Morgan fingerprint density at radius 1 is 1.32 bits per heavy atom. The zero-order chi connectivity index (χ0) is 16.8. The number of benzene rings is 1. The van der Waals surface area contributed by atoms with E-state index in [1.807, 2.05) is 0 Å². The molecule has 22 heavy (non-hydrogen) atoms. The molecule has 0 radical (unpaired) electrons. The van der Waals surface area contributed by atoms with Gasteiger partial charge in [0.15, 0.2) is 0 Å². The summed E-state index contributed by atoms with van der Waals surface area (Å²) in [5.41, 5.74) is 0.929. The molecule has 0 spiro atoms. The second-order valence-corrected chi connectivity index (χ2v) is 6.90. The predicted molar refractivity (Wildman–Crippen MR) is 85.9 cm³/mol. The number of likely N-dealkylation sites (N-methyl/N-ethyl adjacent to an activating group) is 1. The lowest BCUT2D eigenvalue weighted by Crippen LogP contribution is -2.39. The molecule has 1 unspecified atom stereocenters. The highest BCUT2D eigenvalue weighted by molar-refractivity contribution is 5.78. The summed E-state index contributed by atoms with van der Waals surface area (Å²) in [5.74, 6) is -0.387. The second-order valence-electron chi connectivity index (χ2n) is 6.90. The Hall–Kier alpha value is -1.46. The van der Waals surface area contributed by atoms with E-state index in [2.05, 4.69) is 26.1 Å². The van der Waals surface area contributed by atoms with E-state index in [1.165, 1.54) is 12.1 Å². The number of rotatable bonds is 7. The topological polar surface area (TPSA) is 52.6 Å². The van der Waals surface area contributed by atoms with E-state index in [4.69, 9.17) is 5.11 Å². The summed E-state index contributed by atoms with van der Waals surface area (Å²) in [6.07, 6.45) is 0.758. The van der Waals surface area contributed by atoms with Crippen LogP contribution in [0.25, 0.3) is 0 Å². The van der Waals surface area contributed by atoms with Crippen molar-refractivity contribution in [3.63, 3.8) is 0 Å². The molecule has 0 fully saturated rings. The first-order valence-corrected chi connectivity index (χ1v) is 7.55. The molecule has 0 heterocycles. The van der Waals surface area contributed by atoms with Crippen molar-refractivity contribution in [2.45, 2.75) is 33.2 Å². The second kappa shape index (κ2) is 8.25. The fourth-order valence-corrected chi connectivity index (χ4v) is 2.29. The van der Waals surface area contributed by atoms with Crippen LogP contribution in [0.15, 0.2) is 24.3 Å². The van der Waals surface area contributed by atoms with Gasteiger partial charge in [0.1, 0.15) is 5.82 Å². The highest BCUT2D eigenvalue weighted by Crippen LogP contribution is 2.29. The average molecular weight is 310 g/mol. The minimum Gasteiger partial charge on any atom is -0.395 e. The largest absolute Gasteiger partial charge is 0.395 e. The molecule has 0 bridgehead atoms. The van der Waals surface area contributed by atoms with Gasteiger partial charge in [-0.25, -0.2) is 4.39 Å². The predicted octanol–water partition coefficient (Wildman–Crippen LogP) is 2.34. The Balaban J connectivity index is 2.78. The van der Waals surface area contributed by atoms with Crippen LogP contribution in [-0.4, -0.2) is 42.7 Å². The molecule has 1 rings (SSSR count). The maximum Gasteiger partial charge on any atom is 0.234 e. The molecule has 124 valence electrons. The molecule has 5 heteroatoms. The number of aliphatic hydroxyl groups is 1. The number of nitrogens with one attached hydrogen (secondary N) is 1.